The number of Topliss-reactive ketones (excluding diaryl/α,β-unsaturated/α-hetero) is 1. The minimum atomic E-state index is 0.203. The van der Waals surface area contributed by atoms with E-state index in [2.05, 4.69) is 19.2 Å². The van der Waals surface area contributed by atoms with Crippen molar-refractivity contribution in [1.29, 1.82) is 0 Å². The molecule has 0 saturated carbocycles. The molecule has 0 saturated heterocycles. The molecule has 0 aromatic heterocycles. The molecule has 1 aromatic carbocycles. The van der Waals surface area contributed by atoms with Gasteiger partial charge in [0.25, 0.3) is 0 Å². The third-order valence-corrected chi connectivity index (χ3v) is 2.88. The fraction of sp³-hybridized carbons (Fsp3) is 0.500. The molecular weight excluding hydrogens is 198 g/mol. The monoisotopic (exact) mass is 219 g/mol. The predicted molar refractivity (Wildman–Crippen MR) is 69.1 cm³/mol. The number of carbonyl (C=O) groups excluding carboxylic acids is 1. The predicted octanol–water partition coefficient (Wildman–Crippen LogP) is 3.88. The number of anilines is 1. The highest BCUT2D eigenvalue weighted by Gasteiger charge is 2.05. The minimum absolute atomic E-state index is 0.203. The van der Waals surface area contributed by atoms with Crippen LogP contribution in [0.5, 0.6) is 0 Å². The Hall–Kier alpha value is -1.31. The number of ketones is 1. The Morgan fingerprint density at radius 2 is 1.69 bits per heavy atom. The molecule has 0 aliphatic rings. The van der Waals surface area contributed by atoms with Crippen LogP contribution in [0.15, 0.2) is 24.3 Å². The molecule has 1 N–H and O–H groups in total. The van der Waals surface area contributed by atoms with Gasteiger partial charge in [-0.15, -0.1) is 0 Å². The first-order valence-corrected chi connectivity index (χ1v) is 6.11. The first-order valence-electron chi connectivity index (χ1n) is 6.11. The average Bonchev–Trinajstić information content (AvgIpc) is 2.35. The fourth-order valence-corrected chi connectivity index (χ4v) is 1.68. The lowest BCUT2D eigenvalue weighted by Crippen LogP contribution is -2.16. The Morgan fingerprint density at radius 3 is 2.12 bits per heavy atom. The van der Waals surface area contributed by atoms with Crippen LogP contribution in [0.4, 0.5) is 5.69 Å². The summed E-state index contributed by atoms with van der Waals surface area (Å²) in [7, 11) is 0. The van der Waals surface area contributed by atoms with Crippen LogP contribution in [-0.2, 0) is 0 Å². The van der Waals surface area contributed by atoms with Crippen molar-refractivity contribution in [2.45, 2.75) is 46.1 Å². The van der Waals surface area contributed by atoms with E-state index in [1.807, 2.05) is 31.2 Å². The summed E-state index contributed by atoms with van der Waals surface area (Å²) in [6.45, 7) is 6.24. The Labute approximate surface area is 98.1 Å². The van der Waals surface area contributed by atoms with Crippen molar-refractivity contribution in [1.82, 2.24) is 0 Å². The first-order chi connectivity index (χ1) is 7.71. The van der Waals surface area contributed by atoms with Crippen molar-refractivity contribution in [2.75, 3.05) is 5.32 Å². The van der Waals surface area contributed by atoms with Crippen molar-refractivity contribution in [3.05, 3.63) is 29.8 Å². The van der Waals surface area contributed by atoms with Gasteiger partial charge < -0.3 is 5.32 Å². The number of benzene rings is 1. The molecule has 0 heterocycles. The van der Waals surface area contributed by atoms with E-state index in [-0.39, 0.29) is 5.78 Å². The van der Waals surface area contributed by atoms with Crippen LogP contribution in [0.1, 0.15) is 50.4 Å². The van der Waals surface area contributed by atoms with Crippen LogP contribution in [0.25, 0.3) is 0 Å². The van der Waals surface area contributed by atoms with E-state index in [1.54, 1.807) is 0 Å². The van der Waals surface area contributed by atoms with E-state index < -0.39 is 0 Å². The van der Waals surface area contributed by atoms with Crippen molar-refractivity contribution in [2.24, 2.45) is 0 Å². The van der Waals surface area contributed by atoms with Gasteiger partial charge >= 0.3 is 0 Å². The second-order valence-corrected chi connectivity index (χ2v) is 4.01. The molecule has 0 unspecified atom stereocenters. The molecule has 88 valence electrons. The van der Waals surface area contributed by atoms with E-state index in [1.165, 1.54) is 0 Å². The van der Waals surface area contributed by atoms with Crippen LogP contribution in [0.2, 0.25) is 0 Å². The number of carbonyl (C=O) groups is 1. The van der Waals surface area contributed by atoms with E-state index in [0.717, 1.165) is 24.1 Å². The lowest BCUT2D eigenvalue weighted by molar-refractivity contribution is 0.0988. The molecule has 0 radical (unpaired) electrons. The second-order valence-electron chi connectivity index (χ2n) is 4.01. The maximum atomic E-state index is 11.4. The van der Waals surface area contributed by atoms with Gasteiger partial charge in [0, 0.05) is 23.7 Å². The molecule has 2 heteroatoms. The summed E-state index contributed by atoms with van der Waals surface area (Å²) < 4.78 is 0. The first kappa shape index (κ1) is 12.8. The highest BCUT2D eigenvalue weighted by Crippen LogP contribution is 2.14. The van der Waals surface area contributed by atoms with Crippen molar-refractivity contribution >= 4 is 11.5 Å². The summed E-state index contributed by atoms with van der Waals surface area (Å²) in [5, 5.41) is 3.45. The Morgan fingerprint density at radius 1 is 1.12 bits per heavy atom. The van der Waals surface area contributed by atoms with E-state index in [9.17, 15) is 4.79 Å². The van der Waals surface area contributed by atoms with Gasteiger partial charge in [0.15, 0.2) is 5.78 Å². The smallest absolute Gasteiger partial charge is 0.162 e. The highest BCUT2D eigenvalue weighted by atomic mass is 16.1. The maximum Gasteiger partial charge on any atom is 0.162 e. The lowest BCUT2D eigenvalue weighted by atomic mass is 10.1. The summed E-state index contributed by atoms with van der Waals surface area (Å²) in [5.74, 6) is 0.203. The summed E-state index contributed by atoms with van der Waals surface area (Å²) in [6.07, 6.45) is 2.80. The van der Waals surface area contributed by atoms with Crippen LogP contribution < -0.4 is 5.32 Å². The van der Waals surface area contributed by atoms with Crippen LogP contribution in [0.3, 0.4) is 0 Å². The Balaban J connectivity index is 2.67. The zero-order chi connectivity index (χ0) is 12.0. The molecular formula is C14H21NO. The van der Waals surface area contributed by atoms with Crippen LogP contribution in [-0.4, -0.2) is 11.8 Å². The molecule has 0 aliphatic carbocycles. The van der Waals surface area contributed by atoms with Gasteiger partial charge in [0.1, 0.15) is 0 Å². The van der Waals surface area contributed by atoms with E-state index in [4.69, 9.17) is 0 Å². The zero-order valence-corrected chi connectivity index (χ0v) is 10.4. The van der Waals surface area contributed by atoms with Crippen LogP contribution in [0, 0.1) is 0 Å². The van der Waals surface area contributed by atoms with Gasteiger partial charge in [0.2, 0.25) is 0 Å². The number of nitrogens with one attached hydrogen (secondary N) is 1. The van der Waals surface area contributed by atoms with E-state index in [0.29, 0.717) is 12.5 Å². The molecule has 0 spiro atoms. The molecule has 2 nitrogen and oxygen atoms in total. The Bertz CT molecular complexity index is 325. The molecule has 16 heavy (non-hydrogen) atoms. The SMILES string of the molecule is CCC(=O)c1ccc(NC(CC)CC)cc1. The van der Waals surface area contributed by atoms with Crippen molar-refractivity contribution in [3.8, 4) is 0 Å². The summed E-state index contributed by atoms with van der Waals surface area (Å²) in [5.41, 5.74) is 1.90. The molecule has 0 fully saturated rings. The standard InChI is InChI=1S/C14H21NO/c1-4-12(5-2)15-13-9-7-11(8-10-13)14(16)6-3/h7-10,12,15H,4-6H2,1-3H3. The normalized spacial score (nSPS) is 10.5. The van der Waals surface area contributed by atoms with Gasteiger partial charge in [0.05, 0.1) is 0 Å². The Kier molecular flexibility index (Phi) is 5.03. The largest absolute Gasteiger partial charge is 0.382 e. The van der Waals surface area contributed by atoms with Gasteiger partial charge in [-0.05, 0) is 37.1 Å². The number of rotatable bonds is 6. The number of hydrogen-bond donors (Lipinski definition) is 1. The summed E-state index contributed by atoms with van der Waals surface area (Å²) in [4.78, 5) is 11.4. The van der Waals surface area contributed by atoms with Gasteiger partial charge in [-0.2, -0.15) is 0 Å². The second kappa shape index (κ2) is 6.31. The zero-order valence-electron chi connectivity index (χ0n) is 10.4. The fourth-order valence-electron chi connectivity index (χ4n) is 1.68. The number of hydrogen-bond acceptors (Lipinski definition) is 2. The molecule has 0 atom stereocenters. The van der Waals surface area contributed by atoms with Gasteiger partial charge in [-0.1, -0.05) is 20.8 Å². The van der Waals surface area contributed by atoms with Crippen LogP contribution >= 0.6 is 0 Å². The molecule has 1 rings (SSSR count). The third kappa shape index (κ3) is 3.37. The summed E-state index contributed by atoms with van der Waals surface area (Å²) in [6, 6.07) is 8.29. The third-order valence-electron chi connectivity index (χ3n) is 2.88. The molecule has 0 bridgehead atoms. The quantitative estimate of drug-likeness (QED) is 0.736. The molecule has 0 aliphatic heterocycles. The minimum Gasteiger partial charge on any atom is -0.382 e. The van der Waals surface area contributed by atoms with Crippen molar-refractivity contribution < 1.29 is 4.79 Å². The van der Waals surface area contributed by atoms with Gasteiger partial charge in [-0.3, -0.25) is 4.79 Å². The highest BCUT2D eigenvalue weighted by molar-refractivity contribution is 5.96. The van der Waals surface area contributed by atoms with Crippen molar-refractivity contribution in [3.63, 3.8) is 0 Å². The molecule has 1 aromatic rings. The topological polar surface area (TPSA) is 29.1 Å². The van der Waals surface area contributed by atoms with E-state index >= 15 is 0 Å². The summed E-state index contributed by atoms with van der Waals surface area (Å²) >= 11 is 0. The average molecular weight is 219 g/mol. The maximum absolute atomic E-state index is 11.4. The van der Waals surface area contributed by atoms with Gasteiger partial charge in [-0.25, -0.2) is 0 Å². The molecule has 0 amide bonds. The lowest BCUT2D eigenvalue weighted by Gasteiger charge is -2.16.